The second-order valence-corrected chi connectivity index (χ2v) is 3.35. The number of allylic oxidation sites excluding steroid dienone is 2. The summed E-state index contributed by atoms with van der Waals surface area (Å²) in [5.74, 6) is 0. The highest BCUT2D eigenvalue weighted by Crippen LogP contribution is 2.12. The predicted molar refractivity (Wildman–Crippen MR) is 62.1 cm³/mol. The fourth-order valence-electron chi connectivity index (χ4n) is 1.53. The van der Waals surface area contributed by atoms with Gasteiger partial charge in [-0.15, -0.1) is 13.2 Å². The molecule has 0 saturated carbocycles. The van der Waals surface area contributed by atoms with E-state index < -0.39 is 0 Å². The van der Waals surface area contributed by atoms with Crippen LogP contribution in [0.3, 0.4) is 0 Å². The summed E-state index contributed by atoms with van der Waals surface area (Å²) >= 11 is 0. The largest absolute Gasteiger partial charge is 0.326 e. The molecule has 1 rings (SSSR count). The van der Waals surface area contributed by atoms with Gasteiger partial charge in [-0.3, -0.25) is 0 Å². The number of nitrogens with two attached hydrogens (primary N) is 1. The summed E-state index contributed by atoms with van der Waals surface area (Å²) in [7, 11) is 0. The minimum Gasteiger partial charge on any atom is -0.326 e. The molecule has 0 fully saturated rings. The predicted octanol–water partition coefficient (Wildman–Crippen LogP) is 2.60. The molecule has 0 aromatic heterocycles. The van der Waals surface area contributed by atoms with Crippen LogP contribution in [-0.2, 0) is 19.4 Å². The Kier molecular flexibility index (Phi) is 4.14. The third kappa shape index (κ3) is 2.86. The molecule has 1 heteroatoms. The first-order chi connectivity index (χ1) is 6.80. The second kappa shape index (κ2) is 5.40. The van der Waals surface area contributed by atoms with E-state index in [1.165, 1.54) is 16.7 Å². The maximum atomic E-state index is 5.63. The lowest BCUT2D eigenvalue weighted by Crippen LogP contribution is -1.99. The summed E-state index contributed by atoms with van der Waals surface area (Å²) in [6.45, 7) is 8.06. The van der Waals surface area contributed by atoms with Crippen molar-refractivity contribution in [3.63, 3.8) is 0 Å². The molecule has 0 aliphatic heterocycles. The average molecular weight is 187 g/mol. The van der Waals surface area contributed by atoms with E-state index in [-0.39, 0.29) is 0 Å². The molecule has 0 aliphatic carbocycles. The zero-order chi connectivity index (χ0) is 10.4. The number of benzene rings is 1. The SMILES string of the molecule is C=CCc1cc(CN)cc(CC=C)c1. The Labute approximate surface area is 85.9 Å². The van der Waals surface area contributed by atoms with Gasteiger partial charge in [0.1, 0.15) is 0 Å². The topological polar surface area (TPSA) is 26.0 Å². The molecular weight excluding hydrogens is 170 g/mol. The Morgan fingerprint density at radius 1 is 0.929 bits per heavy atom. The first kappa shape index (κ1) is 10.7. The third-order valence-electron chi connectivity index (χ3n) is 2.11. The molecule has 0 atom stereocenters. The molecule has 74 valence electrons. The van der Waals surface area contributed by atoms with Crippen molar-refractivity contribution < 1.29 is 0 Å². The first-order valence-corrected chi connectivity index (χ1v) is 4.83. The minimum absolute atomic E-state index is 0.592. The van der Waals surface area contributed by atoms with Gasteiger partial charge >= 0.3 is 0 Å². The average Bonchev–Trinajstić information content (AvgIpc) is 2.18. The summed E-state index contributed by atoms with van der Waals surface area (Å²) in [5.41, 5.74) is 9.37. The Balaban J connectivity index is 2.99. The van der Waals surface area contributed by atoms with Gasteiger partial charge in [0.2, 0.25) is 0 Å². The van der Waals surface area contributed by atoms with Crippen LogP contribution < -0.4 is 5.73 Å². The Bertz CT molecular complexity index is 298. The quantitative estimate of drug-likeness (QED) is 0.704. The van der Waals surface area contributed by atoms with Gasteiger partial charge in [0.15, 0.2) is 0 Å². The van der Waals surface area contributed by atoms with Crippen LogP contribution in [0.2, 0.25) is 0 Å². The van der Waals surface area contributed by atoms with Crippen LogP contribution in [-0.4, -0.2) is 0 Å². The highest BCUT2D eigenvalue weighted by Gasteiger charge is 1.98. The van der Waals surface area contributed by atoms with Crippen LogP contribution in [0.4, 0.5) is 0 Å². The van der Waals surface area contributed by atoms with Crippen molar-refractivity contribution in [2.24, 2.45) is 5.73 Å². The minimum atomic E-state index is 0.592. The normalized spacial score (nSPS) is 9.79. The molecule has 0 saturated heterocycles. The van der Waals surface area contributed by atoms with Crippen LogP contribution in [0.15, 0.2) is 43.5 Å². The van der Waals surface area contributed by atoms with Gasteiger partial charge in [-0.2, -0.15) is 0 Å². The highest BCUT2D eigenvalue weighted by molar-refractivity contribution is 5.32. The van der Waals surface area contributed by atoms with Gasteiger partial charge in [0, 0.05) is 6.54 Å². The summed E-state index contributed by atoms with van der Waals surface area (Å²) in [5, 5.41) is 0. The molecule has 0 aliphatic rings. The Morgan fingerprint density at radius 3 is 1.71 bits per heavy atom. The van der Waals surface area contributed by atoms with Crippen molar-refractivity contribution in [2.75, 3.05) is 0 Å². The van der Waals surface area contributed by atoms with Crippen LogP contribution >= 0.6 is 0 Å². The van der Waals surface area contributed by atoms with E-state index in [0.717, 1.165) is 12.8 Å². The molecule has 0 bridgehead atoms. The van der Waals surface area contributed by atoms with E-state index in [2.05, 4.69) is 31.4 Å². The van der Waals surface area contributed by atoms with Crippen molar-refractivity contribution >= 4 is 0 Å². The van der Waals surface area contributed by atoms with Crippen LogP contribution in [0.25, 0.3) is 0 Å². The zero-order valence-electron chi connectivity index (χ0n) is 8.50. The fraction of sp³-hybridized carbons (Fsp3) is 0.231. The van der Waals surface area contributed by atoms with Crippen molar-refractivity contribution in [2.45, 2.75) is 19.4 Å². The molecule has 2 N–H and O–H groups in total. The van der Waals surface area contributed by atoms with E-state index in [1.54, 1.807) is 0 Å². The summed E-state index contributed by atoms with van der Waals surface area (Å²) < 4.78 is 0. The number of rotatable bonds is 5. The van der Waals surface area contributed by atoms with Gasteiger partial charge < -0.3 is 5.73 Å². The molecule has 0 unspecified atom stereocenters. The van der Waals surface area contributed by atoms with Crippen LogP contribution in [0.5, 0.6) is 0 Å². The molecule has 1 aromatic carbocycles. The van der Waals surface area contributed by atoms with Gasteiger partial charge in [0.05, 0.1) is 0 Å². The zero-order valence-corrected chi connectivity index (χ0v) is 8.50. The smallest absolute Gasteiger partial charge is 0.0178 e. The van der Waals surface area contributed by atoms with Crippen molar-refractivity contribution in [1.82, 2.24) is 0 Å². The first-order valence-electron chi connectivity index (χ1n) is 4.83. The molecular formula is C13H17N. The van der Waals surface area contributed by atoms with Crippen LogP contribution in [0, 0.1) is 0 Å². The highest BCUT2D eigenvalue weighted by atomic mass is 14.5. The maximum Gasteiger partial charge on any atom is 0.0178 e. The van der Waals surface area contributed by atoms with E-state index in [4.69, 9.17) is 5.73 Å². The van der Waals surface area contributed by atoms with Gasteiger partial charge in [-0.05, 0) is 29.5 Å². The monoisotopic (exact) mass is 187 g/mol. The lowest BCUT2D eigenvalue weighted by molar-refractivity contribution is 1.05. The molecule has 0 spiro atoms. The van der Waals surface area contributed by atoms with E-state index in [1.807, 2.05) is 12.2 Å². The van der Waals surface area contributed by atoms with Crippen molar-refractivity contribution in [3.8, 4) is 0 Å². The van der Waals surface area contributed by atoms with Gasteiger partial charge in [-0.25, -0.2) is 0 Å². The van der Waals surface area contributed by atoms with Crippen molar-refractivity contribution in [3.05, 3.63) is 60.2 Å². The summed E-state index contributed by atoms with van der Waals surface area (Å²) in [4.78, 5) is 0. The number of hydrogen-bond acceptors (Lipinski definition) is 1. The maximum absolute atomic E-state index is 5.63. The summed E-state index contributed by atoms with van der Waals surface area (Å²) in [6, 6.07) is 6.45. The molecule has 0 heterocycles. The van der Waals surface area contributed by atoms with Gasteiger partial charge in [0.25, 0.3) is 0 Å². The molecule has 1 aromatic rings. The van der Waals surface area contributed by atoms with Gasteiger partial charge in [-0.1, -0.05) is 30.4 Å². The second-order valence-electron chi connectivity index (χ2n) is 3.35. The summed E-state index contributed by atoms with van der Waals surface area (Å²) in [6.07, 6.45) is 5.62. The van der Waals surface area contributed by atoms with Crippen molar-refractivity contribution in [1.29, 1.82) is 0 Å². The lowest BCUT2D eigenvalue weighted by Gasteiger charge is -2.05. The molecule has 0 amide bonds. The van der Waals surface area contributed by atoms with E-state index >= 15 is 0 Å². The lowest BCUT2D eigenvalue weighted by atomic mass is 10.0. The van der Waals surface area contributed by atoms with E-state index in [9.17, 15) is 0 Å². The number of hydrogen-bond donors (Lipinski definition) is 1. The molecule has 0 radical (unpaired) electrons. The van der Waals surface area contributed by atoms with E-state index in [0.29, 0.717) is 6.54 Å². The Hall–Kier alpha value is -1.34. The molecule has 1 nitrogen and oxygen atoms in total. The standard InChI is InChI=1S/C13H17N/c1-3-5-11-7-12(6-4-2)9-13(8-11)10-14/h3-4,7-9H,1-2,5-6,10,14H2. The Morgan fingerprint density at radius 2 is 1.36 bits per heavy atom. The van der Waals surface area contributed by atoms with Crippen LogP contribution in [0.1, 0.15) is 16.7 Å². The molecule has 14 heavy (non-hydrogen) atoms. The fourth-order valence-corrected chi connectivity index (χ4v) is 1.53. The third-order valence-corrected chi connectivity index (χ3v) is 2.11.